The fourth-order valence-electron chi connectivity index (χ4n) is 2.89. The van der Waals surface area contributed by atoms with Crippen LogP contribution in [0.25, 0.3) is 0 Å². The number of carbonyl (C=O) groups excluding carboxylic acids is 3. The summed E-state index contributed by atoms with van der Waals surface area (Å²) in [6.07, 6.45) is 0. The number of anilines is 1. The van der Waals surface area contributed by atoms with E-state index in [0.717, 1.165) is 11.1 Å². The number of ether oxygens (including phenoxy) is 2. The van der Waals surface area contributed by atoms with Crippen molar-refractivity contribution in [2.45, 2.75) is 13.2 Å². The van der Waals surface area contributed by atoms with Gasteiger partial charge < -0.3 is 14.4 Å². The first-order valence-electron chi connectivity index (χ1n) is 9.80. The van der Waals surface area contributed by atoms with Crippen LogP contribution >= 0.6 is 0 Å². The molecular weight excluding hydrogens is 394 g/mol. The van der Waals surface area contributed by atoms with Crippen LogP contribution in [-0.2, 0) is 37.1 Å². The summed E-state index contributed by atoms with van der Waals surface area (Å²) in [5, 5.41) is 0. The van der Waals surface area contributed by atoms with Gasteiger partial charge in [-0.3, -0.25) is 14.4 Å². The maximum absolute atomic E-state index is 13.1. The van der Waals surface area contributed by atoms with Crippen LogP contribution in [0.2, 0.25) is 0 Å². The van der Waals surface area contributed by atoms with E-state index in [4.69, 9.17) is 9.47 Å². The van der Waals surface area contributed by atoms with Crippen LogP contribution in [0.1, 0.15) is 11.1 Å². The summed E-state index contributed by atoms with van der Waals surface area (Å²) in [7, 11) is 1.50. The van der Waals surface area contributed by atoms with Crippen LogP contribution in [0.3, 0.4) is 0 Å². The molecule has 0 aliphatic rings. The molecule has 0 aliphatic heterocycles. The Hall–Kier alpha value is -3.93. The van der Waals surface area contributed by atoms with Gasteiger partial charge in [0.25, 0.3) is 5.91 Å². The first kappa shape index (κ1) is 21.8. The molecule has 0 unspecified atom stereocenters. The minimum atomic E-state index is -1.72. The van der Waals surface area contributed by atoms with Gasteiger partial charge in [-0.05, 0) is 23.3 Å². The van der Waals surface area contributed by atoms with Crippen molar-refractivity contribution >= 4 is 23.5 Å². The molecule has 31 heavy (non-hydrogen) atoms. The summed E-state index contributed by atoms with van der Waals surface area (Å²) in [5.74, 6) is -4.34. The van der Waals surface area contributed by atoms with Crippen molar-refractivity contribution < 1.29 is 23.9 Å². The molecule has 0 bridgehead atoms. The number of hydrogen-bond acceptors (Lipinski definition) is 5. The molecule has 6 nitrogen and oxygen atoms in total. The lowest BCUT2D eigenvalue weighted by Gasteiger charge is -2.22. The molecule has 158 valence electrons. The van der Waals surface area contributed by atoms with E-state index < -0.39 is 23.8 Å². The normalized spacial score (nSPS) is 10.4. The SMILES string of the molecule is CN(C(=O)C(C(=O)OCc1ccccc1)C(=O)OCc1ccccc1)c1ccccc1. The lowest BCUT2D eigenvalue weighted by Crippen LogP contribution is -2.43. The van der Waals surface area contributed by atoms with Crippen LogP contribution in [0.5, 0.6) is 0 Å². The third kappa shape index (κ3) is 6.02. The van der Waals surface area contributed by atoms with Gasteiger partial charge >= 0.3 is 11.9 Å². The molecule has 0 heterocycles. The van der Waals surface area contributed by atoms with Crippen molar-refractivity contribution in [1.29, 1.82) is 0 Å². The number of esters is 2. The number of benzene rings is 3. The summed E-state index contributed by atoms with van der Waals surface area (Å²) in [4.78, 5) is 39.9. The molecule has 0 aromatic heterocycles. The van der Waals surface area contributed by atoms with Gasteiger partial charge in [0.05, 0.1) is 0 Å². The highest BCUT2D eigenvalue weighted by Crippen LogP contribution is 2.18. The van der Waals surface area contributed by atoms with Crippen molar-refractivity contribution in [2.24, 2.45) is 5.92 Å². The monoisotopic (exact) mass is 417 g/mol. The summed E-state index contributed by atoms with van der Waals surface area (Å²) < 4.78 is 10.6. The van der Waals surface area contributed by atoms with Gasteiger partial charge in [-0.25, -0.2) is 0 Å². The molecule has 0 aliphatic carbocycles. The van der Waals surface area contributed by atoms with Crippen molar-refractivity contribution in [3.63, 3.8) is 0 Å². The summed E-state index contributed by atoms with van der Waals surface area (Å²) in [5.41, 5.74) is 2.04. The van der Waals surface area contributed by atoms with Crippen molar-refractivity contribution in [3.8, 4) is 0 Å². The van der Waals surface area contributed by atoms with Crippen molar-refractivity contribution in [2.75, 3.05) is 11.9 Å². The minimum absolute atomic E-state index is 0.0511. The molecule has 1 amide bonds. The van der Waals surface area contributed by atoms with Gasteiger partial charge in [-0.15, -0.1) is 0 Å². The quantitative estimate of drug-likeness (QED) is 0.412. The molecule has 0 radical (unpaired) electrons. The first-order chi connectivity index (χ1) is 15.1. The number of carbonyl (C=O) groups is 3. The second-order valence-electron chi connectivity index (χ2n) is 6.85. The number of rotatable bonds is 8. The van der Waals surface area contributed by atoms with Gasteiger partial charge in [0.1, 0.15) is 13.2 Å². The molecule has 0 saturated heterocycles. The largest absolute Gasteiger partial charge is 0.460 e. The zero-order valence-electron chi connectivity index (χ0n) is 17.1. The second kappa shape index (κ2) is 10.7. The van der Waals surface area contributed by atoms with Gasteiger partial charge in [-0.2, -0.15) is 0 Å². The fraction of sp³-hybridized carbons (Fsp3) is 0.160. The van der Waals surface area contributed by atoms with E-state index in [1.807, 2.05) is 42.5 Å². The molecule has 0 N–H and O–H groups in total. The van der Waals surface area contributed by atoms with Crippen LogP contribution in [0.4, 0.5) is 5.69 Å². The summed E-state index contributed by atoms with van der Waals surface area (Å²) >= 11 is 0. The van der Waals surface area contributed by atoms with E-state index in [2.05, 4.69) is 0 Å². The third-order valence-electron chi connectivity index (χ3n) is 4.64. The summed E-state index contributed by atoms with van der Waals surface area (Å²) in [6.45, 7) is -0.102. The van der Waals surface area contributed by atoms with Gasteiger partial charge in [0, 0.05) is 12.7 Å². The standard InChI is InChI=1S/C25H23NO5/c1-26(21-15-9-4-10-16-21)23(27)22(24(28)30-17-19-11-5-2-6-12-19)25(29)31-18-20-13-7-3-8-14-20/h2-16,22H,17-18H2,1H3. The Balaban J connectivity index is 1.75. The average Bonchev–Trinajstić information content (AvgIpc) is 2.83. The van der Waals surface area contributed by atoms with Crippen LogP contribution < -0.4 is 4.90 Å². The summed E-state index contributed by atoms with van der Waals surface area (Å²) in [6, 6.07) is 26.8. The maximum Gasteiger partial charge on any atom is 0.330 e. The third-order valence-corrected chi connectivity index (χ3v) is 4.64. The fourth-order valence-corrected chi connectivity index (χ4v) is 2.89. The van der Waals surface area contributed by atoms with Gasteiger partial charge in [-0.1, -0.05) is 78.9 Å². The maximum atomic E-state index is 13.1. The molecule has 3 rings (SSSR count). The van der Waals surface area contributed by atoms with Crippen LogP contribution in [0, 0.1) is 5.92 Å². The molecular formula is C25H23NO5. The Morgan fingerprint density at radius 3 is 1.48 bits per heavy atom. The number of hydrogen-bond donors (Lipinski definition) is 0. The topological polar surface area (TPSA) is 72.9 Å². The number of nitrogens with zero attached hydrogens (tertiary/aromatic N) is 1. The second-order valence-corrected chi connectivity index (χ2v) is 6.85. The first-order valence-corrected chi connectivity index (χ1v) is 9.80. The highest BCUT2D eigenvalue weighted by molar-refractivity contribution is 6.18. The van der Waals surface area contributed by atoms with E-state index in [9.17, 15) is 14.4 Å². The zero-order valence-corrected chi connectivity index (χ0v) is 17.1. The molecule has 6 heteroatoms. The van der Waals surface area contributed by atoms with Crippen LogP contribution in [0.15, 0.2) is 91.0 Å². The Labute approximate surface area is 181 Å². The van der Waals surface area contributed by atoms with Crippen molar-refractivity contribution in [1.82, 2.24) is 0 Å². The Bertz CT molecular complexity index is 950. The predicted octanol–water partition coefficient (Wildman–Crippen LogP) is 3.75. The molecule has 3 aromatic rings. The van der Waals surface area contributed by atoms with E-state index in [0.29, 0.717) is 5.69 Å². The Morgan fingerprint density at radius 2 is 1.06 bits per heavy atom. The van der Waals surface area contributed by atoms with Gasteiger partial charge in [0.2, 0.25) is 5.92 Å². The average molecular weight is 417 g/mol. The van der Waals surface area contributed by atoms with E-state index >= 15 is 0 Å². The Morgan fingerprint density at radius 1 is 0.677 bits per heavy atom. The highest BCUT2D eigenvalue weighted by Gasteiger charge is 2.39. The lowest BCUT2D eigenvalue weighted by molar-refractivity contribution is -0.165. The van der Waals surface area contributed by atoms with E-state index in [1.165, 1.54) is 11.9 Å². The molecule has 0 fully saturated rings. The van der Waals surface area contributed by atoms with E-state index in [-0.39, 0.29) is 13.2 Å². The van der Waals surface area contributed by atoms with E-state index in [1.54, 1.807) is 48.5 Å². The Kier molecular flexibility index (Phi) is 7.54. The van der Waals surface area contributed by atoms with Crippen molar-refractivity contribution in [3.05, 3.63) is 102 Å². The predicted molar refractivity (Wildman–Crippen MR) is 116 cm³/mol. The van der Waals surface area contributed by atoms with Gasteiger partial charge in [0.15, 0.2) is 0 Å². The highest BCUT2D eigenvalue weighted by atomic mass is 16.6. The smallest absolute Gasteiger partial charge is 0.330 e. The van der Waals surface area contributed by atoms with Crippen LogP contribution in [-0.4, -0.2) is 24.9 Å². The molecule has 0 spiro atoms. The molecule has 3 aromatic carbocycles. The molecule has 0 saturated carbocycles. The molecule has 0 atom stereocenters. The lowest BCUT2D eigenvalue weighted by atomic mass is 10.1. The number of para-hydroxylation sites is 1. The number of amides is 1. The minimum Gasteiger partial charge on any atom is -0.460 e. The zero-order chi connectivity index (χ0) is 22.1.